The van der Waals surface area contributed by atoms with Crippen LogP contribution in [0.5, 0.6) is 0 Å². The first-order valence-corrected chi connectivity index (χ1v) is 6.68. The maximum Gasteiger partial charge on any atom is 0.310 e. The van der Waals surface area contributed by atoms with Crippen LogP contribution < -0.4 is 0 Å². The van der Waals surface area contributed by atoms with Crippen LogP contribution in [0, 0.1) is 18.3 Å². The summed E-state index contributed by atoms with van der Waals surface area (Å²) in [5.74, 6) is -0.0590. The van der Waals surface area contributed by atoms with Crippen molar-refractivity contribution in [1.29, 1.82) is 0 Å². The molecule has 0 aliphatic rings. The molecule has 2 rings (SSSR count). The summed E-state index contributed by atoms with van der Waals surface area (Å²) in [5.41, 5.74) is -0.0292. The Hall–Kier alpha value is -2.31. The molecule has 0 radical (unpaired) electrons. The molecule has 2 heterocycles. The molecule has 1 atom stereocenters. The van der Waals surface area contributed by atoms with Crippen LogP contribution in [-0.4, -0.2) is 31.2 Å². The maximum atomic E-state index is 11.5. The van der Waals surface area contributed by atoms with Crippen molar-refractivity contribution in [3.05, 3.63) is 23.8 Å². The van der Waals surface area contributed by atoms with E-state index in [0.717, 1.165) is 5.56 Å². The van der Waals surface area contributed by atoms with E-state index < -0.39 is 11.4 Å². The van der Waals surface area contributed by atoms with Crippen LogP contribution in [0.4, 0.5) is 0 Å². The van der Waals surface area contributed by atoms with Crippen molar-refractivity contribution < 1.29 is 14.4 Å². The molecular formula is C14H18N4O3. The van der Waals surface area contributed by atoms with Crippen LogP contribution in [0.1, 0.15) is 32.2 Å². The molecule has 2 aromatic rings. The molecule has 0 amide bonds. The van der Waals surface area contributed by atoms with E-state index >= 15 is 0 Å². The lowest BCUT2D eigenvalue weighted by Crippen LogP contribution is -2.35. The Balaban J connectivity index is 2.24. The number of rotatable bonds is 5. The number of carbonyl (C=O) groups is 1. The van der Waals surface area contributed by atoms with E-state index in [0.29, 0.717) is 5.82 Å². The minimum absolute atomic E-state index is 0.0685. The van der Waals surface area contributed by atoms with Crippen LogP contribution in [-0.2, 0) is 11.2 Å². The average Bonchev–Trinajstić information content (AvgIpc) is 2.87. The minimum Gasteiger partial charge on any atom is -0.481 e. The van der Waals surface area contributed by atoms with E-state index in [2.05, 4.69) is 20.1 Å². The number of nitrogens with zero attached hydrogens (tertiary/aromatic N) is 4. The monoisotopic (exact) mass is 290 g/mol. The fraction of sp³-hybridized carbons (Fsp3) is 0.500. The van der Waals surface area contributed by atoms with E-state index in [1.807, 2.05) is 20.8 Å². The fourth-order valence-corrected chi connectivity index (χ4v) is 1.77. The van der Waals surface area contributed by atoms with Crippen LogP contribution in [0.2, 0.25) is 0 Å². The zero-order valence-electron chi connectivity index (χ0n) is 12.5. The second-order valence-electron chi connectivity index (χ2n) is 5.65. The van der Waals surface area contributed by atoms with Crippen molar-refractivity contribution in [2.24, 2.45) is 11.3 Å². The van der Waals surface area contributed by atoms with E-state index in [1.165, 1.54) is 0 Å². The van der Waals surface area contributed by atoms with Gasteiger partial charge in [0.1, 0.15) is 0 Å². The fourth-order valence-electron chi connectivity index (χ4n) is 1.77. The van der Waals surface area contributed by atoms with Crippen LogP contribution in [0.15, 0.2) is 16.9 Å². The molecule has 112 valence electrons. The molecule has 0 spiro atoms. The van der Waals surface area contributed by atoms with Gasteiger partial charge in [-0.15, -0.1) is 0 Å². The largest absolute Gasteiger partial charge is 0.481 e. The predicted octanol–water partition coefficient (Wildman–Crippen LogP) is 2.12. The lowest BCUT2D eigenvalue weighted by Gasteiger charge is -2.27. The topological polar surface area (TPSA) is 102 Å². The van der Waals surface area contributed by atoms with Crippen molar-refractivity contribution >= 4 is 5.97 Å². The number of hydrogen-bond donors (Lipinski definition) is 1. The molecule has 1 unspecified atom stereocenters. The average molecular weight is 290 g/mol. The standard InChI is InChI=1S/C14H18N4O3/c1-8(2)14(4,13(19)20)5-10-17-12(18-21-10)11-15-6-9(3)7-16-11/h6-8H,5H2,1-4H3,(H,19,20). The Bertz CT molecular complexity index is 636. The third-order valence-electron chi connectivity index (χ3n) is 3.73. The summed E-state index contributed by atoms with van der Waals surface area (Å²) < 4.78 is 5.14. The van der Waals surface area contributed by atoms with Gasteiger partial charge in [0, 0.05) is 18.8 Å². The van der Waals surface area contributed by atoms with E-state index in [1.54, 1.807) is 19.3 Å². The second-order valence-corrected chi connectivity index (χ2v) is 5.65. The highest BCUT2D eigenvalue weighted by Gasteiger charge is 2.38. The number of carboxylic acids is 1. The third-order valence-corrected chi connectivity index (χ3v) is 3.73. The van der Waals surface area contributed by atoms with Gasteiger partial charge in [0.2, 0.25) is 17.5 Å². The number of aromatic nitrogens is 4. The summed E-state index contributed by atoms with van der Waals surface area (Å²) in [6, 6.07) is 0. The summed E-state index contributed by atoms with van der Waals surface area (Å²) in [7, 11) is 0. The minimum atomic E-state index is -0.960. The van der Waals surface area contributed by atoms with Gasteiger partial charge in [0.25, 0.3) is 0 Å². The molecule has 2 aromatic heterocycles. The van der Waals surface area contributed by atoms with Crippen LogP contribution in [0.3, 0.4) is 0 Å². The van der Waals surface area contributed by atoms with Gasteiger partial charge in [-0.3, -0.25) is 4.79 Å². The van der Waals surface area contributed by atoms with Gasteiger partial charge in [0.15, 0.2) is 0 Å². The molecule has 7 nitrogen and oxygen atoms in total. The molecule has 0 fully saturated rings. The predicted molar refractivity (Wildman–Crippen MR) is 74.3 cm³/mol. The molecule has 0 saturated heterocycles. The molecule has 0 saturated carbocycles. The summed E-state index contributed by atoms with van der Waals surface area (Å²) >= 11 is 0. The Labute approximate surface area is 122 Å². The van der Waals surface area contributed by atoms with Gasteiger partial charge < -0.3 is 9.63 Å². The maximum absolute atomic E-state index is 11.5. The van der Waals surface area contributed by atoms with Crippen molar-refractivity contribution in [2.75, 3.05) is 0 Å². The molecule has 0 aromatic carbocycles. The van der Waals surface area contributed by atoms with Gasteiger partial charge in [0.05, 0.1) is 5.41 Å². The summed E-state index contributed by atoms with van der Waals surface area (Å²) in [4.78, 5) is 23.9. The van der Waals surface area contributed by atoms with Gasteiger partial charge in [-0.2, -0.15) is 4.98 Å². The van der Waals surface area contributed by atoms with Gasteiger partial charge in [-0.05, 0) is 25.3 Å². The first kappa shape index (κ1) is 15.1. The van der Waals surface area contributed by atoms with Crippen molar-refractivity contribution in [3.8, 4) is 11.6 Å². The normalized spacial score (nSPS) is 14.1. The summed E-state index contributed by atoms with van der Waals surface area (Å²) in [5, 5.41) is 13.2. The van der Waals surface area contributed by atoms with E-state index in [9.17, 15) is 9.90 Å². The Morgan fingerprint density at radius 2 is 1.95 bits per heavy atom. The SMILES string of the molecule is Cc1cnc(-c2noc(CC(C)(C(=O)O)C(C)C)n2)nc1. The Kier molecular flexibility index (Phi) is 4.02. The number of carboxylic acid groups (broad SMARTS) is 1. The molecule has 7 heteroatoms. The van der Waals surface area contributed by atoms with Crippen molar-refractivity contribution in [3.63, 3.8) is 0 Å². The van der Waals surface area contributed by atoms with Crippen LogP contribution >= 0.6 is 0 Å². The number of aliphatic carboxylic acids is 1. The highest BCUT2D eigenvalue weighted by molar-refractivity contribution is 5.74. The smallest absolute Gasteiger partial charge is 0.310 e. The highest BCUT2D eigenvalue weighted by Crippen LogP contribution is 2.31. The molecule has 21 heavy (non-hydrogen) atoms. The van der Waals surface area contributed by atoms with Crippen molar-refractivity contribution in [2.45, 2.75) is 34.1 Å². The number of aryl methyl sites for hydroxylation is 1. The lowest BCUT2D eigenvalue weighted by atomic mass is 9.76. The molecule has 0 aliphatic heterocycles. The molecule has 0 aliphatic carbocycles. The van der Waals surface area contributed by atoms with Gasteiger partial charge >= 0.3 is 5.97 Å². The third kappa shape index (κ3) is 3.07. The lowest BCUT2D eigenvalue weighted by molar-refractivity contribution is -0.150. The second kappa shape index (κ2) is 5.59. The summed E-state index contributed by atoms with van der Waals surface area (Å²) in [6.45, 7) is 7.27. The molecular weight excluding hydrogens is 272 g/mol. The van der Waals surface area contributed by atoms with E-state index in [-0.39, 0.29) is 24.1 Å². The molecule has 0 bridgehead atoms. The van der Waals surface area contributed by atoms with E-state index in [4.69, 9.17) is 4.52 Å². The number of hydrogen-bond acceptors (Lipinski definition) is 6. The molecule has 1 N–H and O–H groups in total. The van der Waals surface area contributed by atoms with Crippen LogP contribution in [0.25, 0.3) is 11.6 Å². The summed E-state index contributed by atoms with van der Waals surface area (Å²) in [6.07, 6.45) is 3.49. The van der Waals surface area contributed by atoms with Crippen molar-refractivity contribution in [1.82, 2.24) is 20.1 Å². The highest BCUT2D eigenvalue weighted by atomic mass is 16.5. The van der Waals surface area contributed by atoms with Gasteiger partial charge in [-0.1, -0.05) is 19.0 Å². The van der Waals surface area contributed by atoms with Gasteiger partial charge in [-0.25, -0.2) is 9.97 Å². The first-order valence-electron chi connectivity index (χ1n) is 6.68. The zero-order chi connectivity index (χ0) is 15.6. The Morgan fingerprint density at radius 1 is 1.33 bits per heavy atom. The zero-order valence-corrected chi connectivity index (χ0v) is 12.5. The first-order chi connectivity index (χ1) is 9.83. The Morgan fingerprint density at radius 3 is 2.48 bits per heavy atom. The quantitative estimate of drug-likeness (QED) is 0.899.